The monoisotopic (exact) mass is 368 g/mol. The van der Waals surface area contributed by atoms with Gasteiger partial charge in [0.1, 0.15) is 0 Å². The van der Waals surface area contributed by atoms with Gasteiger partial charge in [-0.3, -0.25) is 9.59 Å². The van der Waals surface area contributed by atoms with Crippen LogP contribution in [0.2, 0.25) is 0 Å². The summed E-state index contributed by atoms with van der Waals surface area (Å²) in [6, 6.07) is 15.7. The van der Waals surface area contributed by atoms with Crippen LogP contribution in [0.25, 0.3) is 0 Å². The molecule has 2 aromatic rings. The van der Waals surface area contributed by atoms with Crippen LogP contribution in [0.3, 0.4) is 0 Å². The van der Waals surface area contributed by atoms with Gasteiger partial charge in [-0.15, -0.1) is 0 Å². The fourth-order valence-corrected chi connectivity index (χ4v) is 3.44. The zero-order valence-corrected chi connectivity index (χ0v) is 16.0. The van der Waals surface area contributed by atoms with Crippen LogP contribution in [-0.2, 0) is 22.4 Å². The van der Waals surface area contributed by atoms with E-state index in [0.717, 1.165) is 30.4 Å². The van der Waals surface area contributed by atoms with E-state index < -0.39 is 23.8 Å². The Kier molecular flexibility index (Phi) is 7.59. The van der Waals surface area contributed by atoms with Gasteiger partial charge < -0.3 is 10.2 Å². The molecule has 0 saturated carbocycles. The fraction of sp³-hybridized carbons (Fsp3) is 0.391. The number of hydrogen-bond donors (Lipinski definition) is 2. The van der Waals surface area contributed by atoms with Gasteiger partial charge in [0, 0.05) is 0 Å². The van der Waals surface area contributed by atoms with Crippen LogP contribution in [0.15, 0.2) is 48.5 Å². The molecule has 0 aliphatic carbocycles. The van der Waals surface area contributed by atoms with Crippen molar-refractivity contribution in [3.63, 3.8) is 0 Å². The Hall–Kier alpha value is -2.62. The van der Waals surface area contributed by atoms with Crippen molar-refractivity contribution in [3.05, 3.63) is 70.8 Å². The molecule has 144 valence electrons. The molecule has 2 unspecified atom stereocenters. The molecule has 0 bridgehead atoms. The number of rotatable bonds is 10. The normalized spacial score (nSPS) is 13.1. The van der Waals surface area contributed by atoms with Gasteiger partial charge in [0.15, 0.2) is 0 Å². The van der Waals surface area contributed by atoms with Crippen molar-refractivity contribution in [1.82, 2.24) is 0 Å². The van der Waals surface area contributed by atoms with Crippen LogP contribution in [0.4, 0.5) is 0 Å². The van der Waals surface area contributed by atoms with Crippen molar-refractivity contribution < 1.29 is 19.8 Å². The van der Waals surface area contributed by atoms with Crippen molar-refractivity contribution in [3.8, 4) is 0 Å². The zero-order chi connectivity index (χ0) is 19.8. The molecule has 2 aromatic carbocycles. The third-order valence-electron chi connectivity index (χ3n) is 5.11. The Labute approximate surface area is 160 Å². The summed E-state index contributed by atoms with van der Waals surface area (Å²) in [6.07, 6.45) is 4.03. The molecule has 0 amide bonds. The average Bonchev–Trinajstić information content (AvgIpc) is 2.65. The first-order valence-corrected chi connectivity index (χ1v) is 9.59. The zero-order valence-electron chi connectivity index (χ0n) is 16.0. The summed E-state index contributed by atoms with van der Waals surface area (Å²) in [6.45, 7) is 3.77. The molecule has 0 aliphatic heterocycles. The summed E-state index contributed by atoms with van der Waals surface area (Å²) in [5, 5.41) is 18.5. The van der Waals surface area contributed by atoms with E-state index in [4.69, 9.17) is 0 Å². The van der Waals surface area contributed by atoms with Gasteiger partial charge in [0.05, 0.1) is 11.8 Å². The minimum absolute atomic E-state index is 0.435. The fourth-order valence-electron chi connectivity index (χ4n) is 3.44. The predicted octanol–water partition coefficient (Wildman–Crippen LogP) is 5.02. The molecule has 4 nitrogen and oxygen atoms in total. The lowest BCUT2D eigenvalue weighted by atomic mass is 9.94. The molecule has 0 radical (unpaired) electrons. The highest BCUT2D eigenvalue weighted by molar-refractivity contribution is 5.76. The second-order valence-electron chi connectivity index (χ2n) is 6.93. The van der Waals surface area contributed by atoms with E-state index in [9.17, 15) is 19.8 Å². The molecule has 0 fully saturated rings. The summed E-state index contributed by atoms with van der Waals surface area (Å²) >= 11 is 0. The van der Waals surface area contributed by atoms with E-state index in [-0.39, 0.29) is 0 Å². The van der Waals surface area contributed by atoms with Crippen LogP contribution >= 0.6 is 0 Å². The molecular weight excluding hydrogens is 340 g/mol. The highest BCUT2D eigenvalue weighted by atomic mass is 16.4. The average molecular weight is 368 g/mol. The van der Waals surface area contributed by atoms with Crippen LogP contribution in [0, 0.1) is 0 Å². The van der Waals surface area contributed by atoms with Crippen LogP contribution < -0.4 is 0 Å². The summed E-state index contributed by atoms with van der Waals surface area (Å²) in [5.41, 5.74) is 4.11. The van der Waals surface area contributed by atoms with Crippen molar-refractivity contribution in [1.29, 1.82) is 0 Å². The Morgan fingerprint density at radius 2 is 1.04 bits per heavy atom. The Balaban J connectivity index is 1.89. The van der Waals surface area contributed by atoms with E-state index >= 15 is 0 Å². The van der Waals surface area contributed by atoms with Crippen molar-refractivity contribution >= 4 is 11.9 Å². The lowest BCUT2D eigenvalue weighted by Gasteiger charge is -2.11. The summed E-state index contributed by atoms with van der Waals surface area (Å²) in [7, 11) is 0. The number of hydrogen-bond acceptors (Lipinski definition) is 2. The van der Waals surface area contributed by atoms with Gasteiger partial charge in [-0.25, -0.2) is 0 Å². The Morgan fingerprint density at radius 1 is 0.704 bits per heavy atom. The Bertz CT molecular complexity index is 681. The molecule has 4 heteroatoms. The molecule has 27 heavy (non-hydrogen) atoms. The van der Waals surface area contributed by atoms with Gasteiger partial charge in [0.25, 0.3) is 0 Å². The predicted molar refractivity (Wildman–Crippen MR) is 106 cm³/mol. The molecule has 2 rings (SSSR count). The molecular formula is C23H28O4. The quantitative estimate of drug-likeness (QED) is 0.617. The van der Waals surface area contributed by atoms with Crippen molar-refractivity contribution in [2.24, 2.45) is 0 Å². The maximum Gasteiger partial charge on any atom is 0.310 e. The topological polar surface area (TPSA) is 74.6 Å². The van der Waals surface area contributed by atoms with Gasteiger partial charge in [-0.2, -0.15) is 0 Å². The van der Waals surface area contributed by atoms with Crippen molar-refractivity contribution in [2.75, 3.05) is 0 Å². The smallest absolute Gasteiger partial charge is 0.310 e. The Morgan fingerprint density at radius 3 is 1.30 bits per heavy atom. The van der Waals surface area contributed by atoms with E-state index in [1.165, 1.54) is 11.1 Å². The third-order valence-corrected chi connectivity index (χ3v) is 5.11. The van der Waals surface area contributed by atoms with E-state index in [0.29, 0.717) is 12.8 Å². The SMILES string of the molecule is CCC(C(=O)O)c1ccc(CCCc2ccc(C(CC)C(=O)O)cc2)cc1. The van der Waals surface area contributed by atoms with Gasteiger partial charge >= 0.3 is 11.9 Å². The first-order valence-electron chi connectivity index (χ1n) is 9.59. The number of carbonyl (C=O) groups is 2. The van der Waals surface area contributed by atoms with Gasteiger partial charge in [-0.05, 0) is 54.4 Å². The molecule has 0 saturated heterocycles. The standard InChI is InChI=1S/C23H28O4/c1-3-20(22(24)25)18-12-8-16(9-13-18)6-5-7-17-10-14-19(15-11-17)21(4-2)23(26)27/h8-15,20-21H,3-7H2,1-2H3,(H,24,25)(H,26,27). The van der Waals surface area contributed by atoms with E-state index in [1.807, 2.05) is 62.4 Å². The van der Waals surface area contributed by atoms with Crippen LogP contribution in [-0.4, -0.2) is 22.2 Å². The molecule has 0 aromatic heterocycles. The molecule has 0 heterocycles. The molecule has 0 spiro atoms. The summed E-state index contributed by atoms with van der Waals surface area (Å²) in [5.74, 6) is -2.42. The number of aryl methyl sites for hydroxylation is 2. The number of carboxylic acids is 2. The van der Waals surface area contributed by atoms with E-state index in [1.54, 1.807) is 0 Å². The third kappa shape index (κ3) is 5.68. The molecule has 2 N–H and O–H groups in total. The lowest BCUT2D eigenvalue weighted by molar-refractivity contribution is -0.139. The second-order valence-corrected chi connectivity index (χ2v) is 6.93. The molecule has 2 atom stereocenters. The minimum atomic E-state index is -0.776. The minimum Gasteiger partial charge on any atom is -0.481 e. The summed E-state index contributed by atoms with van der Waals surface area (Å²) in [4.78, 5) is 22.5. The van der Waals surface area contributed by atoms with Gasteiger partial charge in [0.2, 0.25) is 0 Å². The number of aliphatic carboxylic acids is 2. The first-order chi connectivity index (χ1) is 13.0. The van der Waals surface area contributed by atoms with Crippen LogP contribution in [0.5, 0.6) is 0 Å². The maximum absolute atomic E-state index is 11.2. The van der Waals surface area contributed by atoms with Crippen LogP contribution in [0.1, 0.15) is 67.2 Å². The second kappa shape index (κ2) is 9.91. The largest absolute Gasteiger partial charge is 0.481 e. The number of benzene rings is 2. The first kappa shape index (κ1) is 20.7. The number of carboxylic acid groups (broad SMARTS) is 2. The van der Waals surface area contributed by atoms with E-state index in [2.05, 4.69) is 0 Å². The van der Waals surface area contributed by atoms with Crippen molar-refractivity contribution in [2.45, 2.75) is 57.8 Å². The van der Waals surface area contributed by atoms with Gasteiger partial charge in [-0.1, -0.05) is 62.4 Å². The molecule has 0 aliphatic rings. The maximum atomic E-state index is 11.2. The summed E-state index contributed by atoms with van der Waals surface area (Å²) < 4.78 is 0. The lowest BCUT2D eigenvalue weighted by Crippen LogP contribution is -2.10. The highest BCUT2D eigenvalue weighted by Crippen LogP contribution is 2.22. The highest BCUT2D eigenvalue weighted by Gasteiger charge is 2.17.